The molecule has 2 heterocycles. The third kappa shape index (κ3) is 3.84. The van der Waals surface area contributed by atoms with Gasteiger partial charge in [0.2, 0.25) is 5.76 Å². The van der Waals surface area contributed by atoms with E-state index < -0.39 is 0 Å². The van der Waals surface area contributed by atoms with E-state index in [4.69, 9.17) is 4.42 Å². The smallest absolute Gasteiger partial charge is 0.273 e. The fourth-order valence-electron chi connectivity index (χ4n) is 4.07. The summed E-state index contributed by atoms with van der Waals surface area (Å²) in [5, 5.41) is 0. The van der Waals surface area contributed by atoms with Crippen molar-refractivity contribution in [2.24, 2.45) is 0 Å². The summed E-state index contributed by atoms with van der Waals surface area (Å²) in [7, 11) is 0. The fourth-order valence-corrected chi connectivity index (χ4v) is 4.07. The highest BCUT2D eigenvalue weighted by molar-refractivity contribution is 5.14. The Morgan fingerprint density at radius 2 is 1.28 bits per heavy atom. The Kier molecular flexibility index (Phi) is 4.96. The Bertz CT molecular complexity index is 706. The molecule has 0 spiro atoms. The summed E-state index contributed by atoms with van der Waals surface area (Å²) in [4.78, 5) is 3.19. The van der Waals surface area contributed by atoms with Gasteiger partial charge in [0.15, 0.2) is 0 Å². The Labute approximate surface area is 149 Å². The van der Waals surface area contributed by atoms with Crippen LogP contribution >= 0.6 is 0 Å². The largest absolute Gasteiger partial charge is 0.457 e. The maximum Gasteiger partial charge on any atom is 0.273 e. The van der Waals surface area contributed by atoms with Gasteiger partial charge in [-0.1, -0.05) is 60.7 Å². The van der Waals surface area contributed by atoms with Crippen molar-refractivity contribution < 1.29 is 14.2 Å². The molecule has 0 amide bonds. The molecule has 3 aromatic rings. The van der Waals surface area contributed by atoms with E-state index in [1.54, 1.807) is 9.80 Å². The first kappa shape index (κ1) is 16.1. The summed E-state index contributed by atoms with van der Waals surface area (Å²) in [6.45, 7) is 4.48. The van der Waals surface area contributed by atoms with Crippen molar-refractivity contribution in [3.63, 3.8) is 0 Å². The molecule has 25 heavy (non-hydrogen) atoms. The molecule has 4 rings (SSSR count). The normalized spacial score (nSPS) is 23.4. The van der Waals surface area contributed by atoms with Crippen LogP contribution in [0, 0.1) is 0 Å². The van der Waals surface area contributed by atoms with Gasteiger partial charge in [-0.2, -0.15) is 0 Å². The zero-order valence-corrected chi connectivity index (χ0v) is 14.5. The number of hydrogen-bond donors (Lipinski definition) is 2. The molecule has 1 aliphatic heterocycles. The molecule has 0 saturated carbocycles. The second kappa shape index (κ2) is 7.68. The molecule has 1 saturated heterocycles. The topological polar surface area (TPSA) is 22.0 Å². The van der Waals surface area contributed by atoms with Crippen molar-refractivity contribution in [1.29, 1.82) is 0 Å². The number of rotatable bonds is 5. The second-order valence-electron chi connectivity index (χ2n) is 6.94. The fraction of sp³-hybridized carbons (Fsp3) is 0.273. The van der Waals surface area contributed by atoms with E-state index >= 15 is 0 Å². The molecule has 1 aromatic heterocycles. The van der Waals surface area contributed by atoms with Gasteiger partial charge >= 0.3 is 0 Å². The molecule has 3 nitrogen and oxygen atoms in total. The average molecular weight is 334 g/mol. The lowest BCUT2D eigenvalue weighted by Crippen LogP contribution is -3.32. The lowest BCUT2D eigenvalue weighted by atomic mass is 10.1. The van der Waals surface area contributed by atoms with Crippen LogP contribution < -0.4 is 9.80 Å². The first-order chi connectivity index (χ1) is 12.4. The van der Waals surface area contributed by atoms with Crippen LogP contribution in [0.2, 0.25) is 0 Å². The molecule has 0 aliphatic carbocycles. The van der Waals surface area contributed by atoms with Gasteiger partial charge in [0.05, 0.1) is 19.4 Å². The lowest BCUT2D eigenvalue weighted by Gasteiger charge is -2.37. The van der Waals surface area contributed by atoms with E-state index in [0.717, 1.165) is 18.8 Å². The maximum atomic E-state index is 5.87. The molecule has 2 atom stereocenters. The number of furan rings is 1. The molecule has 3 heteroatoms. The van der Waals surface area contributed by atoms with Crippen LogP contribution in [0.4, 0.5) is 0 Å². The zero-order chi connectivity index (χ0) is 16.9. The zero-order valence-electron chi connectivity index (χ0n) is 14.5. The third-order valence-corrected chi connectivity index (χ3v) is 5.19. The molecule has 1 aliphatic rings. The average Bonchev–Trinajstić information content (AvgIpc) is 3.18. The van der Waals surface area contributed by atoms with Crippen LogP contribution in [0.15, 0.2) is 83.5 Å². The SMILES string of the molecule is c1ccc(C[NH+]2CCC[NH+](Cc3ccccc3)C2c2ccco2)cc1. The highest BCUT2D eigenvalue weighted by atomic mass is 16.3. The van der Waals surface area contributed by atoms with Crippen LogP contribution in [0.25, 0.3) is 0 Å². The summed E-state index contributed by atoms with van der Waals surface area (Å²) in [6, 6.07) is 25.8. The van der Waals surface area contributed by atoms with Crippen molar-refractivity contribution in [1.82, 2.24) is 0 Å². The van der Waals surface area contributed by atoms with Crippen molar-refractivity contribution in [3.05, 3.63) is 95.9 Å². The molecule has 0 bridgehead atoms. The number of quaternary nitrogens is 2. The van der Waals surface area contributed by atoms with E-state index in [0.29, 0.717) is 6.17 Å². The van der Waals surface area contributed by atoms with Crippen molar-refractivity contribution >= 4 is 0 Å². The van der Waals surface area contributed by atoms with Crippen molar-refractivity contribution in [2.75, 3.05) is 13.1 Å². The predicted octanol–water partition coefficient (Wildman–Crippen LogP) is 1.85. The molecular formula is C22H26N2O+2. The van der Waals surface area contributed by atoms with Gasteiger partial charge in [0.1, 0.15) is 13.1 Å². The summed E-state index contributed by atoms with van der Waals surface area (Å²) < 4.78 is 5.87. The first-order valence-electron chi connectivity index (χ1n) is 9.20. The quantitative estimate of drug-likeness (QED) is 0.730. The van der Waals surface area contributed by atoms with Gasteiger partial charge in [0.25, 0.3) is 6.17 Å². The van der Waals surface area contributed by atoms with Crippen molar-refractivity contribution in [2.45, 2.75) is 25.7 Å². The minimum Gasteiger partial charge on any atom is -0.457 e. The number of hydrogen-bond acceptors (Lipinski definition) is 1. The van der Waals surface area contributed by atoms with Gasteiger partial charge in [-0.05, 0) is 12.1 Å². The lowest BCUT2D eigenvalue weighted by molar-refractivity contribution is -1.16. The van der Waals surface area contributed by atoms with Gasteiger partial charge in [-0.25, -0.2) is 0 Å². The maximum absolute atomic E-state index is 5.87. The Morgan fingerprint density at radius 3 is 1.76 bits per heavy atom. The first-order valence-corrected chi connectivity index (χ1v) is 9.20. The van der Waals surface area contributed by atoms with Crippen molar-refractivity contribution in [3.8, 4) is 0 Å². The molecule has 2 aromatic carbocycles. The van der Waals surface area contributed by atoms with E-state index in [1.165, 1.54) is 30.6 Å². The third-order valence-electron chi connectivity index (χ3n) is 5.19. The molecule has 0 radical (unpaired) electrons. The van der Waals surface area contributed by atoms with E-state index in [9.17, 15) is 0 Å². The molecule has 1 fully saturated rings. The van der Waals surface area contributed by atoms with Crippen LogP contribution in [0.5, 0.6) is 0 Å². The second-order valence-corrected chi connectivity index (χ2v) is 6.94. The van der Waals surface area contributed by atoms with Crippen LogP contribution in [-0.4, -0.2) is 13.1 Å². The number of benzene rings is 2. The van der Waals surface area contributed by atoms with Gasteiger partial charge < -0.3 is 4.42 Å². The summed E-state index contributed by atoms with van der Waals surface area (Å²) >= 11 is 0. The van der Waals surface area contributed by atoms with E-state index in [2.05, 4.69) is 66.7 Å². The Balaban J connectivity index is 1.59. The molecule has 128 valence electrons. The summed E-state index contributed by atoms with van der Waals surface area (Å²) in [6.07, 6.45) is 3.41. The van der Waals surface area contributed by atoms with E-state index in [1.807, 2.05) is 12.3 Å². The van der Waals surface area contributed by atoms with Gasteiger partial charge in [0, 0.05) is 17.5 Å². The minimum absolute atomic E-state index is 0.351. The monoisotopic (exact) mass is 334 g/mol. The standard InChI is InChI=1S/C22H24N2O/c1-3-9-19(10-4-1)17-23-14-8-15-24(18-20-11-5-2-6-12-20)22(23)21-13-7-16-25-21/h1-7,9-13,16,22H,8,14-15,17-18H2/p+2. The summed E-state index contributed by atoms with van der Waals surface area (Å²) in [5.41, 5.74) is 2.80. The highest BCUT2D eigenvalue weighted by Gasteiger charge is 2.39. The molecule has 2 N–H and O–H groups in total. The summed E-state index contributed by atoms with van der Waals surface area (Å²) in [5.74, 6) is 1.11. The highest BCUT2D eigenvalue weighted by Crippen LogP contribution is 2.09. The van der Waals surface area contributed by atoms with E-state index in [-0.39, 0.29) is 0 Å². The predicted molar refractivity (Wildman–Crippen MR) is 98.0 cm³/mol. The van der Waals surface area contributed by atoms with Gasteiger partial charge in [-0.3, -0.25) is 9.80 Å². The number of nitrogens with one attached hydrogen (secondary N) is 2. The molecular weight excluding hydrogens is 308 g/mol. The Morgan fingerprint density at radius 1 is 0.720 bits per heavy atom. The van der Waals surface area contributed by atoms with Crippen LogP contribution in [0.1, 0.15) is 29.5 Å². The van der Waals surface area contributed by atoms with Crippen LogP contribution in [-0.2, 0) is 13.1 Å². The Hall–Kier alpha value is -2.36. The minimum atomic E-state index is 0.351. The van der Waals surface area contributed by atoms with Gasteiger partial charge in [-0.15, -0.1) is 0 Å². The molecule has 2 unspecified atom stereocenters. The van der Waals surface area contributed by atoms with Crippen LogP contribution in [0.3, 0.4) is 0 Å².